The summed E-state index contributed by atoms with van der Waals surface area (Å²) in [5.74, 6) is 1.01. The van der Waals surface area contributed by atoms with Crippen molar-refractivity contribution >= 4 is 33.4 Å². The van der Waals surface area contributed by atoms with Crippen LogP contribution < -0.4 is 14.8 Å². The van der Waals surface area contributed by atoms with E-state index in [1.54, 1.807) is 23.0 Å². The molecule has 5 aromatic rings. The van der Waals surface area contributed by atoms with Gasteiger partial charge in [0.05, 0.1) is 5.69 Å². The van der Waals surface area contributed by atoms with Gasteiger partial charge in [-0.3, -0.25) is 4.79 Å². The molecule has 33 heavy (non-hydrogen) atoms. The second-order valence-corrected chi connectivity index (χ2v) is 7.96. The first-order chi connectivity index (χ1) is 16.2. The molecule has 4 aromatic carbocycles. The summed E-state index contributed by atoms with van der Waals surface area (Å²) in [6.07, 6.45) is 0. The second kappa shape index (κ2) is 7.63. The minimum atomic E-state index is -0.226. The molecule has 2 heterocycles. The molecule has 0 atom stereocenters. The van der Waals surface area contributed by atoms with Crippen molar-refractivity contribution in [3.8, 4) is 17.2 Å². The maximum absolute atomic E-state index is 12.9. The second-order valence-electron chi connectivity index (χ2n) is 7.96. The highest BCUT2D eigenvalue weighted by atomic mass is 16.6. The summed E-state index contributed by atoms with van der Waals surface area (Å²) in [5.41, 5.74) is 4.46. The number of aryl methyl sites for hydroxylation is 1. The molecule has 0 aliphatic carbocycles. The zero-order valence-electron chi connectivity index (χ0n) is 17.9. The van der Waals surface area contributed by atoms with Crippen molar-refractivity contribution in [3.63, 3.8) is 0 Å². The molecule has 0 fully saturated rings. The molecule has 1 N–H and O–H groups in total. The van der Waals surface area contributed by atoms with Gasteiger partial charge in [0, 0.05) is 16.6 Å². The summed E-state index contributed by atoms with van der Waals surface area (Å²) in [7, 11) is 0. The molecule has 0 saturated carbocycles. The van der Waals surface area contributed by atoms with Crippen molar-refractivity contribution in [1.29, 1.82) is 0 Å². The van der Waals surface area contributed by atoms with E-state index in [9.17, 15) is 4.79 Å². The van der Waals surface area contributed by atoms with Crippen LogP contribution in [-0.4, -0.2) is 34.1 Å². The van der Waals surface area contributed by atoms with Crippen LogP contribution in [0.1, 0.15) is 15.9 Å². The molecule has 0 unspecified atom stereocenters. The molecule has 6 rings (SSSR count). The van der Waals surface area contributed by atoms with Gasteiger partial charge < -0.3 is 14.8 Å². The highest BCUT2D eigenvalue weighted by molar-refractivity contribution is 6.06. The summed E-state index contributed by atoms with van der Waals surface area (Å²) in [6.45, 7) is 2.92. The quantitative estimate of drug-likeness (QED) is 0.435. The zero-order chi connectivity index (χ0) is 22.4. The average Bonchev–Trinajstić information content (AvgIpc) is 3.26. The zero-order valence-corrected chi connectivity index (χ0v) is 17.9. The lowest BCUT2D eigenvalue weighted by Gasteiger charge is -2.18. The molecule has 162 valence electrons. The molecule has 7 heteroatoms. The van der Waals surface area contributed by atoms with Crippen molar-refractivity contribution in [1.82, 2.24) is 15.0 Å². The molecule has 0 bridgehead atoms. The number of carbonyl (C=O) groups is 1. The van der Waals surface area contributed by atoms with E-state index in [4.69, 9.17) is 14.6 Å². The Morgan fingerprint density at radius 1 is 0.879 bits per heavy atom. The Morgan fingerprint density at radius 3 is 2.52 bits per heavy atom. The van der Waals surface area contributed by atoms with Gasteiger partial charge in [-0.15, -0.1) is 15.0 Å². The van der Waals surface area contributed by atoms with Gasteiger partial charge in [0.2, 0.25) is 0 Å². The van der Waals surface area contributed by atoms with Gasteiger partial charge in [0.1, 0.15) is 24.2 Å². The number of nitrogens with one attached hydrogen (secondary N) is 1. The lowest BCUT2D eigenvalue weighted by molar-refractivity contribution is 0.102. The van der Waals surface area contributed by atoms with Gasteiger partial charge in [0.25, 0.3) is 5.91 Å². The lowest BCUT2D eigenvalue weighted by Crippen LogP contribution is -2.17. The number of fused-ring (bicyclic) bond motifs is 3. The van der Waals surface area contributed by atoms with Gasteiger partial charge in [-0.05, 0) is 54.3 Å². The van der Waals surface area contributed by atoms with Crippen LogP contribution in [0.4, 0.5) is 5.69 Å². The minimum Gasteiger partial charge on any atom is -0.486 e. The summed E-state index contributed by atoms with van der Waals surface area (Å²) in [5, 5.41) is 14.6. The van der Waals surface area contributed by atoms with Crippen LogP contribution in [0.25, 0.3) is 27.5 Å². The predicted octanol–water partition coefficient (Wildman–Crippen LogP) is 4.91. The van der Waals surface area contributed by atoms with Crippen LogP contribution in [0.5, 0.6) is 11.5 Å². The lowest BCUT2D eigenvalue weighted by atomic mass is 10.1. The fourth-order valence-electron chi connectivity index (χ4n) is 4.07. The van der Waals surface area contributed by atoms with Crippen LogP contribution >= 0.6 is 0 Å². The maximum atomic E-state index is 12.9. The van der Waals surface area contributed by atoms with E-state index in [2.05, 4.69) is 28.6 Å². The molecule has 0 saturated heterocycles. The first-order valence-electron chi connectivity index (χ1n) is 10.7. The Kier molecular flexibility index (Phi) is 4.47. The van der Waals surface area contributed by atoms with Crippen LogP contribution in [0.15, 0.2) is 72.8 Å². The Morgan fingerprint density at radius 2 is 1.64 bits per heavy atom. The van der Waals surface area contributed by atoms with E-state index < -0.39 is 0 Å². The monoisotopic (exact) mass is 436 g/mol. The third kappa shape index (κ3) is 3.43. The first-order valence-corrected chi connectivity index (χ1v) is 10.7. The number of benzene rings is 4. The number of hydrogen-bond donors (Lipinski definition) is 1. The fraction of sp³-hybridized carbons (Fsp3) is 0.115. The summed E-state index contributed by atoms with van der Waals surface area (Å²) >= 11 is 0. The van der Waals surface area contributed by atoms with E-state index in [0.29, 0.717) is 41.5 Å². The van der Waals surface area contributed by atoms with Gasteiger partial charge >= 0.3 is 0 Å². The number of ether oxygens (including phenoxy) is 2. The molecule has 1 aliphatic rings. The Bertz CT molecular complexity index is 1530. The third-order valence-corrected chi connectivity index (χ3v) is 5.76. The van der Waals surface area contributed by atoms with E-state index in [-0.39, 0.29) is 5.91 Å². The van der Waals surface area contributed by atoms with Gasteiger partial charge in [-0.2, -0.15) is 0 Å². The number of aromatic nitrogens is 3. The standard InChI is InChI=1S/C26H20N4O3/c1-16-13-21-22(29-30(28-21)23-8-4-6-17-5-2-3-7-19(17)23)15-20(16)27-26(31)18-9-10-24-25(14-18)33-12-11-32-24/h2-10,13-15H,11-12H2,1H3,(H,27,31). The first kappa shape index (κ1) is 19.3. The van der Waals surface area contributed by atoms with E-state index in [1.807, 2.05) is 43.3 Å². The predicted molar refractivity (Wildman–Crippen MR) is 126 cm³/mol. The number of nitrogens with zero attached hydrogens (tertiary/aromatic N) is 3. The highest BCUT2D eigenvalue weighted by Gasteiger charge is 2.17. The minimum absolute atomic E-state index is 0.226. The van der Waals surface area contributed by atoms with Gasteiger partial charge in [-0.25, -0.2) is 0 Å². The van der Waals surface area contributed by atoms with Crippen LogP contribution in [0.3, 0.4) is 0 Å². The molecule has 1 amide bonds. The number of amides is 1. The molecular formula is C26H20N4O3. The SMILES string of the molecule is Cc1cc2nn(-c3cccc4ccccc34)nc2cc1NC(=O)c1ccc2c(c1)OCCO2. The van der Waals surface area contributed by atoms with Crippen molar-refractivity contribution in [2.24, 2.45) is 0 Å². The van der Waals surface area contributed by atoms with Gasteiger partial charge in [0.15, 0.2) is 11.5 Å². The number of hydrogen-bond acceptors (Lipinski definition) is 5. The van der Waals surface area contributed by atoms with Crippen molar-refractivity contribution in [2.75, 3.05) is 18.5 Å². The topological polar surface area (TPSA) is 78.3 Å². The Balaban J connectivity index is 1.34. The maximum Gasteiger partial charge on any atom is 0.255 e. The van der Waals surface area contributed by atoms with Crippen LogP contribution in [0, 0.1) is 6.92 Å². The molecule has 0 spiro atoms. The third-order valence-electron chi connectivity index (χ3n) is 5.76. The van der Waals surface area contributed by atoms with Gasteiger partial charge in [-0.1, -0.05) is 36.4 Å². The fourth-order valence-corrected chi connectivity index (χ4v) is 4.07. The number of carbonyl (C=O) groups excluding carboxylic acids is 1. The largest absolute Gasteiger partial charge is 0.486 e. The van der Waals surface area contributed by atoms with E-state index in [1.165, 1.54) is 0 Å². The molecule has 7 nitrogen and oxygen atoms in total. The van der Waals surface area contributed by atoms with Crippen LogP contribution in [-0.2, 0) is 0 Å². The Hall–Kier alpha value is -4.39. The average molecular weight is 436 g/mol. The molecular weight excluding hydrogens is 416 g/mol. The van der Waals surface area contributed by atoms with E-state index >= 15 is 0 Å². The molecule has 0 radical (unpaired) electrons. The summed E-state index contributed by atoms with van der Waals surface area (Å²) in [6, 6.07) is 23.2. The smallest absolute Gasteiger partial charge is 0.255 e. The number of anilines is 1. The highest BCUT2D eigenvalue weighted by Crippen LogP contribution is 2.31. The van der Waals surface area contributed by atoms with Crippen molar-refractivity contribution in [2.45, 2.75) is 6.92 Å². The molecule has 1 aromatic heterocycles. The van der Waals surface area contributed by atoms with Crippen molar-refractivity contribution < 1.29 is 14.3 Å². The Labute approximate surface area is 189 Å². The summed E-state index contributed by atoms with van der Waals surface area (Å²) in [4.78, 5) is 14.6. The van der Waals surface area contributed by atoms with Crippen molar-refractivity contribution in [3.05, 3.63) is 83.9 Å². The normalized spacial score (nSPS) is 12.8. The summed E-state index contributed by atoms with van der Waals surface area (Å²) < 4.78 is 11.1. The number of rotatable bonds is 3. The van der Waals surface area contributed by atoms with E-state index in [0.717, 1.165) is 27.5 Å². The molecule has 1 aliphatic heterocycles. The van der Waals surface area contributed by atoms with Crippen LogP contribution in [0.2, 0.25) is 0 Å².